The molecule has 130 valence electrons. The number of ether oxygens (including phenoxy) is 1. The van der Waals surface area contributed by atoms with Crippen molar-refractivity contribution in [3.05, 3.63) is 57.8 Å². The smallest absolute Gasteiger partial charge is 0.331 e. The number of hydrogen-bond donors (Lipinski definition) is 1. The van der Waals surface area contributed by atoms with Gasteiger partial charge in [-0.25, -0.2) is 4.79 Å². The van der Waals surface area contributed by atoms with Gasteiger partial charge in [-0.15, -0.1) is 0 Å². The van der Waals surface area contributed by atoms with Crippen LogP contribution >= 0.6 is 0 Å². The highest BCUT2D eigenvalue weighted by molar-refractivity contribution is 5.96. The van der Waals surface area contributed by atoms with E-state index in [2.05, 4.69) is 10.5 Å². The minimum atomic E-state index is -1.08. The minimum absolute atomic E-state index is 0.140. The zero-order valence-electron chi connectivity index (χ0n) is 13.5. The van der Waals surface area contributed by atoms with Crippen molar-refractivity contribution in [2.24, 2.45) is 0 Å². The first-order valence-electron chi connectivity index (χ1n) is 7.23. The minimum Gasteiger partial charge on any atom is -0.449 e. The Labute approximate surface area is 142 Å². The molecule has 0 saturated heterocycles. The Morgan fingerprint density at radius 1 is 1.40 bits per heavy atom. The third-order valence-electron chi connectivity index (χ3n) is 3.07. The van der Waals surface area contributed by atoms with Gasteiger partial charge in [-0.1, -0.05) is 17.3 Å². The van der Waals surface area contributed by atoms with Crippen LogP contribution in [-0.4, -0.2) is 28.1 Å². The van der Waals surface area contributed by atoms with Crippen molar-refractivity contribution in [3.63, 3.8) is 0 Å². The molecule has 1 heterocycles. The lowest BCUT2D eigenvalue weighted by Gasteiger charge is -2.10. The Morgan fingerprint density at radius 2 is 2.12 bits per heavy atom. The van der Waals surface area contributed by atoms with Gasteiger partial charge in [-0.05, 0) is 26.0 Å². The van der Waals surface area contributed by atoms with E-state index in [9.17, 15) is 19.7 Å². The van der Waals surface area contributed by atoms with Crippen molar-refractivity contribution in [2.75, 3.05) is 5.32 Å². The summed E-state index contributed by atoms with van der Waals surface area (Å²) in [6.07, 6.45) is 1.19. The number of esters is 1. The lowest BCUT2D eigenvalue weighted by molar-refractivity contribution is -0.385. The fraction of sp³-hybridized carbons (Fsp3) is 0.188. The van der Waals surface area contributed by atoms with Gasteiger partial charge in [0.2, 0.25) is 0 Å². The van der Waals surface area contributed by atoms with E-state index in [1.54, 1.807) is 13.0 Å². The van der Waals surface area contributed by atoms with E-state index >= 15 is 0 Å². The second-order valence-corrected chi connectivity index (χ2v) is 5.04. The molecule has 1 amide bonds. The molecule has 25 heavy (non-hydrogen) atoms. The van der Waals surface area contributed by atoms with E-state index in [-0.39, 0.29) is 17.1 Å². The standard InChI is InChI=1S/C16H15N3O6/c1-10-9-14(18-25-10)17-16(21)11(2)24-15(20)8-7-12-5-3-4-6-13(12)19(22)23/h3-9,11H,1-2H3,(H,17,18,21)/b8-7+. The van der Waals surface area contributed by atoms with Crippen molar-refractivity contribution in [1.82, 2.24) is 5.16 Å². The molecule has 1 aromatic heterocycles. The van der Waals surface area contributed by atoms with Crippen LogP contribution in [0.3, 0.4) is 0 Å². The molecule has 0 aliphatic heterocycles. The molecule has 0 radical (unpaired) electrons. The highest BCUT2D eigenvalue weighted by Gasteiger charge is 2.18. The predicted molar refractivity (Wildman–Crippen MR) is 87.6 cm³/mol. The number of hydrogen-bond acceptors (Lipinski definition) is 7. The van der Waals surface area contributed by atoms with Crippen LogP contribution in [0.1, 0.15) is 18.2 Å². The number of aryl methyl sites for hydroxylation is 1. The Hall–Kier alpha value is -3.49. The number of nitrogens with one attached hydrogen (secondary N) is 1. The van der Waals surface area contributed by atoms with Crippen molar-refractivity contribution in [2.45, 2.75) is 20.0 Å². The third kappa shape index (κ3) is 4.99. The number of nitrogens with zero attached hydrogens (tertiary/aromatic N) is 2. The Balaban J connectivity index is 1.95. The van der Waals surface area contributed by atoms with Crippen LogP contribution in [0.15, 0.2) is 40.9 Å². The lowest BCUT2D eigenvalue weighted by Crippen LogP contribution is -2.29. The molecule has 0 bridgehead atoms. The number of benzene rings is 1. The molecule has 2 rings (SSSR count). The Morgan fingerprint density at radius 3 is 2.76 bits per heavy atom. The van der Waals surface area contributed by atoms with E-state index in [0.29, 0.717) is 5.76 Å². The molecule has 0 fully saturated rings. The van der Waals surface area contributed by atoms with Crippen molar-refractivity contribution in [3.8, 4) is 0 Å². The molecule has 0 spiro atoms. The van der Waals surface area contributed by atoms with Gasteiger partial charge in [0.15, 0.2) is 11.9 Å². The zero-order valence-corrected chi connectivity index (χ0v) is 13.5. The molecule has 0 saturated carbocycles. The first-order valence-corrected chi connectivity index (χ1v) is 7.23. The largest absolute Gasteiger partial charge is 0.449 e. The van der Waals surface area contributed by atoms with Gasteiger partial charge in [-0.2, -0.15) is 0 Å². The number of nitro groups is 1. The summed E-state index contributed by atoms with van der Waals surface area (Å²) in [7, 11) is 0. The molecule has 2 aromatic rings. The maximum atomic E-state index is 11.9. The lowest BCUT2D eigenvalue weighted by atomic mass is 10.1. The zero-order chi connectivity index (χ0) is 18.4. The van der Waals surface area contributed by atoms with Crippen LogP contribution in [0.2, 0.25) is 0 Å². The monoisotopic (exact) mass is 345 g/mol. The normalized spacial score (nSPS) is 11.9. The van der Waals surface area contributed by atoms with Gasteiger partial charge in [0.1, 0.15) is 5.76 Å². The fourth-order valence-corrected chi connectivity index (χ4v) is 1.87. The SMILES string of the molecule is Cc1cc(NC(=O)C(C)OC(=O)/C=C/c2ccccc2[N+](=O)[O-])no1. The van der Waals surface area contributed by atoms with Crippen LogP contribution in [0.5, 0.6) is 0 Å². The molecule has 1 N–H and O–H groups in total. The van der Waals surface area contributed by atoms with Gasteiger partial charge in [0, 0.05) is 18.2 Å². The van der Waals surface area contributed by atoms with E-state index < -0.39 is 22.9 Å². The highest BCUT2D eigenvalue weighted by Crippen LogP contribution is 2.19. The number of rotatable bonds is 6. The molecule has 1 atom stereocenters. The average Bonchev–Trinajstić information content (AvgIpc) is 2.97. The highest BCUT2D eigenvalue weighted by atomic mass is 16.6. The van der Waals surface area contributed by atoms with Gasteiger partial charge >= 0.3 is 5.97 Å². The van der Waals surface area contributed by atoms with E-state index in [0.717, 1.165) is 6.08 Å². The molecular formula is C16H15N3O6. The Bertz CT molecular complexity index is 827. The quantitative estimate of drug-likeness (QED) is 0.369. The number of amides is 1. The summed E-state index contributed by atoms with van der Waals surface area (Å²) in [6.45, 7) is 3.05. The van der Waals surface area contributed by atoms with Gasteiger partial charge in [0.05, 0.1) is 10.5 Å². The van der Waals surface area contributed by atoms with Crippen molar-refractivity contribution >= 4 is 29.5 Å². The molecule has 0 aliphatic carbocycles. The van der Waals surface area contributed by atoms with Crippen LogP contribution < -0.4 is 5.32 Å². The fourth-order valence-electron chi connectivity index (χ4n) is 1.87. The first-order chi connectivity index (χ1) is 11.9. The summed E-state index contributed by atoms with van der Waals surface area (Å²) in [4.78, 5) is 34.0. The molecule has 0 aliphatic rings. The maximum absolute atomic E-state index is 11.9. The summed E-state index contributed by atoms with van der Waals surface area (Å²) in [5.41, 5.74) is 0.110. The molecule has 9 heteroatoms. The second-order valence-electron chi connectivity index (χ2n) is 5.04. The summed E-state index contributed by atoms with van der Waals surface area (Å²) >= 11 is 0. The Kier molecular flexibility index (Phi) is 5.62. The number of nitro benzene ring substituents is 1. The van der Waals surface area contributed by atoms with Crippen molar-refractivity contribution < 1.29 is 23.8 Å². The third-order valence-corrected chi connectivity index (χ3v) is 3.07. The number of anilines is 1. The predicted octanol–water partition coefficient (Wildman–Crippen LogP) is 2.47. The number of para-hydroxylation sites is 1. The van der Waals surface area contributed by atoms with E-state index in [1.165, 1.54) is 37.3 Å². The molecule has 1 unspecified atom stereocenters. The molecule has 1 aromatic carbocycles. The number of carbonyl (C=O) groups is 2. The van der Waals surface area contributed by atoms with Crippen LogP contribution in [-0.2, 0) is 14.3 Å². The summed E-state index contributed by atoms with van der Waals surface area (Å²) in [6, 6.07) is 7.45. The van der Waals surface area contributed by atoms with Crippen LogP contribution in [0, 0.1) is 17.0 Å². The number of carbonyl (C=O) groups excluding carboxylic acids is 2. The van der Waals surface area contributed by atoms with E-state index in [4.69, 9.17) is 9.26 Å². The maximum Gasteiger partial charge on any atom is 0.331 e. The molecule has 9 nitrogen and oxygen atoms in total. The topological polar surface area (TPSA) is 125 Å². The average molecular weight is 345 g/mol. The summed E-state index contributed by atoms with van der Waals surface area (Å²) in [5.74, 6) is -0.661. The first kappa shape index (κ1) is 17.9. The summed E-state index contributed by atoms with van der Waals surface area (Å²) < 4.78 is 9.75. The number of aromatic nitrogens is 1. The van der Waals surface area contributed by atoms with E-state index in [1.807, 2.05) is 0 Å². The second kappa shape index (κ2) is 7.86. The van der Waals surface area contributed by atoms with Crippen molar-refractivity contribution in [1.29, 1.82) is 0 Å². The molecular weight excluding hydrogens is 330 g/mol. The van der Waals surface area contributed by atoms with Crippen LogP contribution in [0.25, 0.3) is 6.08 Å². The van der Waals surface area contributed by atoms with Gasteiger partial charge in [0.25, 0.3) is 11.6 Å². The van der Waals surface area contributed by atoms with Gasteiger partial charge < -0.3 is 14.6 Å². The van der Waals surface area contributed by atoms with Crippen LogP contribution in [0.4, 0.5) is 11.5 Å². The van der Waals surface area contributed by atoms with Gasteiger partial charge in [-0.3, -0.25) is 14.9 Å². The summed E-state index contributed by atoms with van der Waals surface area (Å²) in [5, 5.41) is 16.9.